The van der Waals surface area contributed by atoms with Gasteiger partial charge in [0, 0.05) is 20.1 Å². The summed E-state index contributed by atoms with van der Waals surface area (Å²) in [6.45, 7) is 6.73. The van der Waals surface area contributed by atoms with Crippen LogP contribution in [0.1, 0.15) is 33.6 Å². The van der Waals surface area contributed by atoms with Gasteiger partial charge in [0.15, 0.2) is 0 Å². The van der Waals surface area contributed by atoms with Crippen LogP contribution in [0, 0.1) is 0 Å². The van der Waals surface area contributed by atoms with Crippen molar-refractivity contribution in [3.63, 3.8) is 0 Å². The second-order valence-corrected chi connectivity index (χ2v) is 5.95. The number of likely N-dealkylation sites (N-methyl/N-ethyl adjacent to an activating group) is 1. The van der Waals surface area contributed by atoms with E-state index in [9.17, 15) is 9.59 Å². The largest absolute Gasteiger partial charge is 0.444 e. The number of carbonyl (C=O) groups is 2. The van der Waals surface area contributed by atoms with E-state index in [1.165, 1.54) is 0 Å². The Morgan fingerprint density at radius 1 is 1.42 bits per heavy atom. The van der Waals surface area contributed by atoms with E-state index in [0.29, 0.717) is 13.1 Å². The van der Waals surface area contributed by atoms with Gasteiger partial charge < -0.3 is 20.3 Å². The van der Waals surface area contributed by atoms with E-state index >= 15 is 0 Å². The number of hydrogen-bond acceptors (Lipinski definition) is 4. The van der Waals surface area contributed by atoms with E-state index < -0.39 is 5.60 Å². The van der Waals surface area contributed by atoms with Crippen LogP contribution in [0.3, 0.4) is 0 Å². The average Bonchev–Trinajstić information content (AvgIpc) is 2.73. The molecule has 0 bridgehead atoms. The summed E-state index contributed by atoms with van der Waals surface area (Å²) in [5.74, 6) is -0.115. The molecule has 0 aromatic carbocycles. The van der Waals surface area contributed by atoms with Gasteiger partial charge in [-0.05, 0) is 33.6 Å². The van der Waals surface area contributed by atoms with Gasteiger partial charge in [-0.25, -0.2) is 4.79 Å². The fourth-order valence-electron chi connectivity index (χ4n) is 2.16. The average molecular weight is 271 g/mol. The molecule has 2 N–H and O–H groups in total. The zero-order valence-electron chi connectivity index (χ0n) is 12.3. The van der Waals surface area contributed by atoms with Crippen LogP contribution >= 0.6 is 0 Å². The molecule has 0 spiro atoms. The van der Waals surface area contributed by atoms with Crippen molar-refractivity contribution in [3.8, 4) is 0 Å². The summed E-state index contributed by atoms with van der Waals surface area (Å²) < 4.78 is 5.38. The molecular weight excluding hydrogens is 246 g/mol. The fraction of sp³-hybridized carbons (Fsp3) is 0.846. The highest BCUT2D eigenvalue weighted by molar-refractivity contribution is 5.77. The smallest absolute Gasteiger partial charge is 0.410 e. The molecule has 0 aliphatic carbocycles. The first-order chi connectivity index (χ1) is 8.74. The Labute approximate surface area is 114 Å². The highest BCUT2D eigenvalue weighted by atomic mass is 16.6. The van der Waals surface area contributed by atoms with Gasteiger partial charge in [0.25, 0.3) is 0 Å². The Morgan fingerprint density at radius 2 is 2.05 bits per heavy atom. The lowest BCUT2D eigenvalue weighted by Crippen LogP contribution is -2.46. The van der Waals surface area contributed by atoms with Gasteiger partial charge in [-0.3, -0.25) is 4.79 Å². The first-order valence-corrected chi connectivity index (χ1v) is 6.68. The zero-order chi connectivity index (χ0) is 14.6. The van der Waals surface area contributed by atoms with Gasteiger partial charge in [0.1, 0.15) is 5.60 Å². The van der Waals surface area contributed by atoms with Crippen LogP contribution < -0.4 is 5.73 Å². The van der Waals surface area contributed by atoms with E-state index in [2.05, 4.69) is 0 Å². The van der Waals surface area contributed by atoms with Gasteiger partial charge in [0.2, 0.25) is 5.91 Å². The van der Waals surface area contributed by atoms with Crippen molar-refractivity contribution < 1.29 is 14.3 Å². The standard InChI is InChI=1S/C13H25N3O3/c1-13(2,3)19-12(18)16-7-5-6-10(16)9-15(4)11(17)8-14/h10H,5-9,14H2,1-4H3. The number of nitrogens with zero attached hydrogens (tertiary/aromatic N) is 2. The van der Waals surface area contributed by atoms with Crippen molar-refractivity contribution in [2.75, 3.05) is 26.7 Å². The van der Waals surface area contributed by atoms with Crippen molar-refractivity contribution in [2.24, 2.45) is 5.73 Å². The molecule has 6 heteroatoms. The summed E-state index contributed by atoms with van der Waals surface area (Å²) in [6, 6.07) is 0.0235. The molecule has 2 amide bonds. The van der Waals surface area contributed by atoms with Crippen LogP contribution in [0.2, 0.25) is 0 Å². The zero-order valence-corrected chi connectivity index (χ0v) is 12.3. The summed E-state index contributed by atoms with van der Waals surface area (Å²) in [5, 5.41) is 0. The van der Waals surface area contributed by atoms with Gasteiger partial charge in [0.05, 0.1) is 12.6 Å². The summed E-state index contributed by atoms with van der Waals surface area (Å²) in [4.78, 5) is 26.8. The molecule has 1 atom stereocenters. The van der Waals surface area contributed by atoms with E-state index in [-0.39, 0.29) is 24.6 Å². The van der Waals surface area contributed by atoms with Gasteiger partial charge in [-0.2, -0.15) is 0 Å². The maximum Gasteiger partial charge on any atom is 0.410 e. The topological polar surface area (TPSA) is 75.9 Å². The van der Waals surface area contributed by atoms with Crippen LogP contribution in [-0.2, 0) is 9.53 Å². The minimum absolute atomic E-state index is 0.00431. The number of amides is 2. The monoisotopic (exact) mass is 271 g/mol. The predicted octanol–water partition coefficient (Wildman–Crippen LogP) is 0.803. The van der Waals surface area contributed by atoms with E-state index in [1.54, 1.807) is 16.8 Å². The third kappa shape index (κ3) is 4.70. The summed E-state index contributed by atoms with van der Waals surface area (Å²) in [6.07, 6.45) is 1.53. The van der Waals surface area contributed by atoms with Crippen LogP contribution in [-0.4, -0.2) is 60.1 Å². The number of hydrogen-bond donors (Lipinski definition) is 1. The van der Waals surface area contributed by atoms with Crippen LogP contribution in [0.15, 0.2) is 0 Å². The number of likely N-dealkylation sites (tertiary alicyclic amines) is 1. The van der Waals surface area contributed by atoms with Crippen LogP contribution in [0.25, 0.3) is 0 Å². The van der Waals surface area contributed by atoms with Crippen molar-refractivity contribution in [1.82, 2.24) is 9.80 Å². The maximum atomic E-state index is 12.1. The molecule has 1 saturated heterocycles. The molecule has 1 aliphatic rings. The number of rotatable bonds is 3. The van der Waals surface area contributed by atoms with E-state index in [4.69, 9.17) is 10.5 Å². The molecular formula is C13H25N3O3. The lowest BCUT2D eigenvalue weighted by atomic mass is 10.2. The first-order valence-electron chi connectivity index (χ1n) is 6.68. The second-order valence-electron chi connectivity index (χ2n) is 5.95. The Kier molecular flexibility index (Phi) is 5.17. The quantitative estimate of drug-likeness (QED) is 0.824. The molecule has 1 rings (SSSR count). The summed E-state index contributed by atoms with van der Waals surface area (Å²) in [7, 11) is 1.71. The molecule has 1 unspecified atom stereocenters. The molecule has 0 aromatic rings. The van der Waals surface area contributed by atoms with E-state index in [0.717, 1.165) is 12.8 Å². The molecule has 1 fully saturated rings. The second kappa shape index (κ2) is 6.23. The fourth-order valence-corrected chi connectivity index (χ4v) is 2.16. The summed E-state index contributed by atoms with van der Waals surface area (Å²) in [5.41, 5.74) is 4.83. The Bertz CT molecular complexity index is 339. The van der Waals surface area contributed by atoms with Crippen molar-refractivity contribution in [3.05, 3.63) is 0 Å². The Balaban J connectivity index is 2.59. The van der Waals surface area contributed by atoms with Crippen molar-refractivity contribution in [2.45, 2.75) is 45.3 Å². The van der Waals surface area contributed by atoms with Crippen molar-refractivity contribution >= 4 is 12.0 Å². The highest BCUT2D eigenvalue weighted by Gasteiger charge is 2.33. The van der Waals surface area contributed by atoms with Gasteiger partial charge in [-0.1, -0.05) is 0 Å². The normalized spacial score (nSPS) is 19.4. The lowest BCUT2D eigenvalue weighted by molar-refractivity contribution is -0.129. The third-order valence-electron chi connectivity index (χ3n) is 3.09. The third-order valence-corrected chi connectivity index (χ3v) is 3.09. The molecule has 1 heterocycles. The highest BCUT2D eigenvalue weighted by Crippen LogP contribution is 2.21. The lowest BCUT2D eigenvalue weighted by Gasteiger charge is -2.30. The predicted molar refractivity (Wildman–Crippen MR) is 72.7 cm³/mol. The molecule has 0 aromatic heterocycles. The van der Waals surface area contributed by atoms with Gasteiger partial charge in [-0.15, -0.1) is 0 Å². The molecule has 6 nitrogen and oxygen atoms in total. The number of ether oxygens (including phenoxy) is 1. The molecule has 1 aliphatic heterocycles. The van der Waals surface area contributed by atoms with Crippen LogP contribution in [0.5, 0.6) is 0 Å². The minimum atomic E-state index is -0.497. The van der Waals surface area contributed by atoms with Gasteiger partial charge >= 0.3 is 6.09 Å². The maximum absolute atomic E-state index is 12.1. The first kappa shape index (κ1) is 15.8. The summed E-state index contributed by atoms with van der Waals surface area (Å²) >= 11 is 0. The van der Waals surface area contributed by atoms with E-state index in [1.807, 2.05) is 20.8 Å². The minimum Gasteiger partial charge on any atom is -0.444 e. The molecule has 110 valence electrons. The Hall–Kier alpha value is -1.30. The number of nitrogens with two attached hydrogens (primary N) is 1. The van der Waals surface area contributed by atoms with Crippen LogP contribution in [0.4, 0.5) is 4.79 Å². The molecule has 19 heavy (non-hydrogen) atoms. The Morgan fingerprint density at radius 3 is 2.58 bits per heavy atom. The number of carbonyl (C=O) groups excluding carboxylic acids is 2. The van der Waals surface area contributed by atoms with Crippen molar-refractivity contribution in [1.29, 1.82) is 0 Å². The molecule has 0 radical (unpaired) electrons. The molecule has 0 saturated carbocycles. The SMILES string of the molecule is CN(CC1CCCN1C(=O)OC(C)(C)C)C(=O)CN.